The second kappa shape index (κ2) is 8.91. The Hall–Kier alpha value is -3.68. The minimum Gasteiger partial charge on any atom is -0.494 e. The van der Waals surface area contributed by atoms with E-state index in [0.717, 1.165) is 18.4 Å². The fourth-order valence-electron chi connectivity index (χ4n) is 7.89. The number of hydrogen-bond acceptors (Lipinski definition) is 5. The second-order valence-electron chi connectivity index (χ2n) is 11.3. The van der Waals surface area contributed by atoms with Crippen molar-refractivity contribution in [1.82, 2.24) is 4.90 Å². The van der Waals surface area contributed by atoms with E-state index in [1.165, 1.54) is 0 Å². The van der Waals surface area contributed by atoms with Gasteiger partial charge in [0, 0.05) is 22.9 Å². The van der Waals surface area contributed by atoms with Crippen molar-refractivity contribution in [3.05, 3.63) is 87.9 Å². The lowest BCUT2D eigenvalue weighted by molar-refractivity contribution is -0.137. The molecule has 2 saturated heterocycles. The number of Topliss-reactive ketones (excluding diaryl/α,β-unsaturated/α-hetero) is 1. The van der Waals surface area contributed by atoms with Crippen LogP contribution in [0.1, 0.15) is 53.2 Å². The number of halogens is 1. The van der Waals surface area contributed by atoms with Crippen molar-refractivity contribution in [2.75, 3.05) is 23.8 Å². The van der Waals surface area contributed by atoms with Crippen LogP contribution in [0.2, 0.25) is 5.02 Å². The monoisotopic (exact) mass is 555 g/mol. The predicted molar refractivity (Wildman–Crippen MR) is 153 cm³/mol. The zero-order chi connectivity index (χ0) is 27.8. The molecule has 8 heteroatoms. The summed E-state index contributed by atoms with van der Waals surface area (Å²) < 4.78 is 5.74. The molecule has 3 aromatic carbocycles. The van der Waals surface area contributed by atoms with E-state index < -0.39 is 16.9 Å². The largest absolute Gasteiger partial charge is 0.494 e. The third-order valence-corrected chi connectivity index (χ3v) is 9.49. The van der Waals surface area contributed by atoms with E-state index in [1.807, 2.05) is 50.2 Å². The molecule has 2 N–H and O–H groups in total. The van der Waals surface area contributed by atoms with Gasteiger partial charge < -0.3 is 15.4 Å². The average molecular weight is 556 g/mol. The Bertz CT molecular complexity index is 1590. The number of fused-ring (bicyclic) bond motifs is 7. The summed E-state index contributed by atoms with van der Waals surface area (Å²) in [5.41, 5.74) is 0.954. The van der Waals surface area contributed by atoms with Crippen LogP contribution < -0.4 is 15.4 Å². The number of carbonyl (C=O) groups is 3. The smallest absolute Gasteiger partial charge is 0.251 e. The minimum atomic E-state index is -1.49. The fraction of sp³-hybridized carbons (Fsp3) is 0.344. The van der Waals surface area contributed by atoms with Gasteiger partial charge in [0.2, 0.25) is 5.91 Å². The van der Waals surface area contributed by atoms with Crippen molar-refractivity contribution in [2.45, 2.75) is 50.1 Å². The van der Waals surface area contributed by atoms with Crippen LogP contribution in [0.15, 0.2) is 60.7 Å². The maximum Gasteiger partial charge on any atom is 0.251 e. The molecular formula is C32H30ClN3O4. The topological polar surface area (TPSA) is 87.7 Å². The summed E-state index contributed by atoms with van der Waals surface area (Å²) in [6.45, 7) is 5.15. The number of hydrogen-bond donors (Lipinski definition) is 2. The average Bonchev–Trinajstić information content (AvgIpc) is 3.67. The molecule has 2 spiro atoms. The lowest BCUT2D eigenvalue weighted by Crippen LogP contribution is -2.62. The highest BCUT2D eigenvalue weighted by Crippen LogP contribution is 2.68. The van der Waals surface area contributed by atoms with Gasteiger partial charge in [-0.1, -0.05) is 42.8 Å². The molecular weight excluding hydrogens is 526 g/mol. The Morgan fingerprint density at radius 1 is 1.05 bits per heavy atom. The molecule has 7 rings (SSSR count). The van der Waals surface area contributed by atoms with Gasteiger partial charge in [0.15, 0.2) is 5.78 Å². The van der Waals surface area contributed by atoms with Crippen molar-refractivity contribution in [3.8, 4) is 5.75 Å². The number of carbonyl (C=O) groups excluding carboxylic acids is 3. The first-order valence-corrected chi connectivity index (χ1v) is 14.3. The van der Waals surface area contributed by atoms with Crippen molar-refractivity contribution >= 4 is 40.6 Å². The van der Waals surface area contributed by atoms with Crippen LogP contribution in [-0.4, -0.2) is 41.7 Å². The van der Waals surface area contributed by atoms with Gasteiger partial charge in [0.1, 0.15) is 16.7 Å². The van der Waals surface area contributed by atoms with Gasteiger partial charge in [-0.2, -0.15) is 0 Å². The number of para-hydroxylation sites is 1. The normalized spacial score (nSPS) is 28.0. The molecule has 40 heavy (non-hydrogen) atoms. The summed E-state index contributed by atoms with van der Waals surface area (Å²) in [5.74, 6) is -0.895. The number of rotatable bonds is 5. The molecule has 2 amide bonds. The summed E-state index contributed by atoms with van der Waals surface area (Å²) in [5, 5.41) is 6.54. The molecule has 0 aliphatic carbocycles. The summed E-state index contributed by atoms with van der Waals surface area (Å²) in [4.78, 5) is 45.9. The fourth-order valence-corrected chi connectivity index (χ4v) is 8.21. The minimum absolute atomic E-state index is 0.150. The first kappa shape index (κ1) is 25.3. The van der Waals surface area contributed by atoms with E-state index in [2.05, 4.69) is 15.5 Å². The first-order valence-electron chi connectivity index (χ1n) is 13.9. The van der Waals surface area contributed by atoms with Crippen LogP contribution in [-0.2, 0) is 20.5 Å². The first-order chi connectivity index (χ1) is 19.3. The maximum atomic E-state index is 14.7. The number of ether oxygens (including phenoxy) is 1. The molecule has 4 heterocycles. The number of anilines is 2. The number of benzene rings is 3. The Kier molecular flexibility index (Phi) is 5.64. The Morgan fingerprint density at radius 2 is 1.82 bits per heavy atom. The zero-order valence-corrected chi connectivity index (χ0v) is 23.2. The Balaban J connectivity index is 1.50. The van der Waals surface area contributed by atoms with Crippen molar-refractivity contribution < 1.29 is 19.1 Å². The Labute approximate surface area is 237 Å². The summed E-state index contributed by atoms with van der Waals surface area (Å²) in [6, 6.07) is 18.1. The molecule has 3 aromatic rings. The molecule has 204 valence electrons. The van der Waals surface area contributed by atoms with E-state index in [0.29, 0.717) is 58.4 Å². The summed E-state index contributed by atoms with van der Waals surface area (Å²) in [7, 11) is 0. The molecule has 2 fully saturated rings. The zero-order valence-electron chi connectivity index (χ0n) is 22.4. The molecule has 4 aliphatic heterocycles. The van der Waals surface area contributed by atoms with Gasteiger partial charge in [0.05, 0.1) is 23.2 Å². The number of amides is 2. The van der Waals surface area contributed by atoms with E-state index in [9.17, 15) is 14.4 Å². The van der Waals surface area contributed by atoms with Crippen LogP contribution in [0, 0.1) is 12.8 Å². The van der Waals surface area contributed by atoms with Crippen LogP contribution >= 0.6 is 11.6 Å². The standard InChI is InChI=1S/C32H30ClN3O4/c1-3-15-40-20-12-10-19(11-13-20)28(37)26-25-9-6-14-36(25)32(22-16-18(2)17-23(33)27(22)35-30(32)39)31(26)21-7-4-5-8-24(21)34-29(31)38/h4-5,7-8,10-13,16-17,25-26H,3,6,9,14-15H2,1-2H3,(H,34,38)(H,35,39)/t25-,26-,31-,32+/m0/s1. The molecule has 0 unspecified atom stereocenters. The molecule has 7 nitrogen and oxygen atoms in total. The van der Waals surface area contributed by atoms with E-state index in [1.54, 1.807) is 24.3 Å². The Morgan fingerprint density at radius 3 is 2.60 bits per heavy atom. The van der Waals surface area contributed by atoms with Gasteiger partial charge in [-0.3, -0.25) is 19.3 Å². The van der Waals surface area contributed by atoms with E-state index in [-0.39, 0.29) is 23.6 Å². The van der Waals surface area contributed by atoms with Crippen LogP contribution in [0.5, 0.6) is 5.75 Å². The molecule has 0 saturated carbocycles. The summed E-state index contributed by atoms with van der Waals surface area (Å²) in [6.07, 6.45) is 2.41. The second-order valence-corrected chi connectivity index (χ2v) is 11.7. The lowest BCUT2D eigenvalue weighted by Gasteiger charge is -2.43. The number of ketones is 1. The van der Waals surface area contributed by atoms with Crippen LogP contribution in [0.4, 0.5) is 11.4 Å². The molecule has 0 bridgehead atoms. The maximum absolute atomic E-state index is 14.7. The van der Waals surface area contributed by atoms with Crippen LogP contribution in [0.25, 0.3) is 0 Å². The van der Waals surface area contributed by atoms with Gasteiger partial charge in [-0.25, -0.2) is 0 Å². The van der Waals surface area contributed by atoms with E-state index in [4.69, 9.17) is 16.3 Å². The SMILES string of the molecule is CCCOc1ccc(C(=O)[C@@H]2[C@@H]3CCCN3[C@]3(C(=O)Nc4c(Cl)cc(C)cc43)[C@]23C(=O)Nc2ccccc23)cc1. The van der Waals surface area contributed by atoms with Gasteiger partial charge in [-0.05, 0) is 80.3 Å². The summed E-state index contributed by atoms with van der Waals surface area (Å²) >= 11 is 6.71. The number of nitrogens with one attached hydrogen (secondary N) is 2. The highest BCUT2D eigenvalue weighted by molar-refractivity contribution is 6.35. The van der Waals surface area contributed by atoms with Gasteiger partial charge in [0.25, 0.3) is 5.91 Å². The molecule has 0 aromatic heterocycles. The van der Waals surface area contributed by atoms with Crippen molar-refractivity contribution in [3.63, 3.8) is 0 Å². The van der Waals surface area contributed by atoms with E-state index >= 15 is 0 Å². The third kappa shape index (κ3) is 3.02. The highest BCUT2D eigenvalue weighted by atomic mass is 35.5. The van der Waals surface area contributed by atoms with Crippen molar-refractivity contribution in [1.29, 1.82) is 0 Å². The molecule has 0 radical (unpaired) electrons. The molecule has 4 aliphatic rings. The van der Waals surface area contributed by atoms with Crippen LogP contribution in [0.3, 0.4) is 0 Å². The number of nitrogens with zero attached hydrogens (tertiary/aromatic N) is 1. The van der Waals surface area contributed by atoms with Crippen molar-refractivity contribution in [2.24, 2.45) is 5.92 Å². The number of aryl methyl sites for hydroxylation is 1. The predicted octanol–water partition coefficient (Wildman–Crippen LogP) is 5.45. The lowest BCUT2D eigenvalue weighted by atomic mass is 9.57. The third-order valence-electron chi connectivity index (χ3n) is 9.20. The molecule has 4 atom stereocenters. The van der Waals surface area contributed by atoms with Gasteiger partial charge >= 0.3 is 0 Å². The highest BCUT2D eigenvalue weighted by Gasteiger charge is 2.81. The quantitative estimate of drug-likeness (QED) is 0.409. The van der Waals surface area contributed by atoms with Gasteiger partial charge in [-0.15, -0.1) is 0 Å².